The van der Waals surface area contributed by atoms with Crippen molar-refractivity contribution in [2.45, 2.75) is 44.4 Å². The number of amides is 1. The van der Waals surface area contributed by atoms with E-state index < -0.39 is 47.6 Å². The average molecular weight is 513 g/mol. The van der Waals surface area contributed by atoms with Gasteiger partial charge >= 0.3 is 6.18 Å². The van der Waals surface area contributed by atoms with E-state index in [1.54, 1.807) is 30.3 Å². The first-order chi connectivity index (χ1) is 17.0. The van der Waals surface area contributed by atoms with Crippen LogP contribution in [0.1, 0.15) is 35.4 Å². The molecular formula is C23H21F6N5O2. The molecule has 3 aromatic rings. The smallest absolute Gasteiger partial charge is 0.374 e. The van der Waals surface area contributed by atoms with Gasteiger partial charge in [0.05, 0.1) is 6.54 Å². The minimum atomic E-state index is -4.69. The van der Waals surface area contributed by atoms with Crippen molar-refractivity contribution in [2.24, 2.45) is 0 Å². The van der Waals surface area contributed by atoms with E-state index in [1.807, 2.05) is 0 Å². The van der Waals surface area contributed by atoms with Crippen molar-refractivity contribution in [2.75, 3.05) is 6.54 Å². The molecule has 4 rings (SSSR count). The summed E-state index contributed by atoms with van der Waals surface area (Å²) in [5.74, 6) is -5.36. The lowest BCUT2D eigenvalue weighted by atomic mass is 10.0. The summed E-state index contributed by atoms with van der Waals surface area (Å²) >= 11 is 0. The second-order valence-electron chi connectivity index (χ2n) is 8.35. The number of hydrogen-bond donors (Lipinski definition) is 2. The zero-order chi connectivity index (χ0) is 26.0. The normalized spacial score (nSPS) is 15.5. The lowest BCUT2D eigenvalue weighted by Crippen LogP contribution is -2.44. The molecule has 0 saturated heterocycles. The molecule has 2 atom stereocenters. The standard InChI is InChI=1S/C23H21F6N5O2/c24-16-11-18(26)17(25)9-14(16)8-15(30-21(36)13-4-2-1-3-5-13)10-20(35)33-6-7-34-19(12-33)31-32-22(34)23(27,28)29/h1-5,9,11,15,21,30,36H,6-8,10,12H2. The highest BCUT2D eigenvalue weighted by molar-refractivity contribution is 5.77. The Morgan fingerprint density at radius 2 is 1.72 bits per heavy atom. The van der Waals surface area contributed by atoms with E-state index in [0.29, 0.717) is 17.7 Å². The molecule has 1 aliphatic rings. The van der Waals surface area contributed by atoms with Crippen molar-refractivity contribution in [3.63, 3.8) is 0 Å². The Labute approximate surface area is 201 Å². The molecule has 0 bridgehead atoms. The molecule has 7 nitrogen and oxygen atoms in total. The number of benzene rings is 2. The molecule has 2 N–H and O–H groups in total. The fourth-order valence-corrected chi connectivity index (χ4v) is 4.05. The monoisotopic (exact) mass is 513 g/mol. The Kier molecular flexibility index (Phi) is 7.31. The molecule has 0 radical (unpaired) electrons. The molecule has 192 valence electrons. The number of aromatic nitrogens is 3. The molecular weight excluding hydrogens is 492 g/mol. The number of carbonyl (C=O) groups excluding carboxylic acids is 1. The largest absolute Gasteiger partial charge is 0.451 e. The zero-order valence-corrected chi connectivity index (χ0v) is 18.6. The Morgan fingerprint density at radius 3 is 2.42 bits per heavy atom. The third-order valence-corrected chi connectivity index (χ3v) is 5.84. The number of rotatable bonds is 7. The maximum atomic E-state index is 14.3. The van der Waals surface area contributed by atoms with Crippen LogP contribution in [0.5, 0.6) is 0 Å². The Bertz CT molecular complexity index is 1230. The van der Waals surface area contributed by atoms with E-state index >= 15 is 0 Å². The maximum Gasteiger partial charge on any atom is 0.451 e. The van der Waals surface area contributed by atoms with Gasteiger partial charge in [-0.3, -0.25) is 10.1 Å². The van der Waals surface area contributed by atoms with Crippen LogP contribution in [0.3, 0.4) is 0 Å². The molecule has 36 heavy (non-hydrogen) atoms. The molecule has 2 heterocycles. The highest BCUT2D eigenvalue weighted by Gasteiger charge is 2.40. The van der Waals surface area contributed by atoms with Gasteiger partial charge in [-0.15, -0.1) is 10.2 Å². The third-order valence-electron chi connectivity index (χ3n) is 5.84. The van der Waals surface area contributed by atoms with Gasteiger partial charge in [0.25, 0.3) is 0 Å². The van der Waals surface area contributed by atoms with Crippen LogP contribution in [0.4, 0.5) is 26.3 Å². The summed E-state index contributed by atoms with van der Waals surface area (Å²) in [6.45, 7) is -0.457. The van der Waals surface area contributed by atoms with Crippen LogP contribution in [0.2, 0.25) is 0 Å². The minimum Gasteiger partial charge on any atom is -0.374 e. The summed E-state index contributed by atoms with van der Waals surface area (Å²) in [7, 11) is 0. The molecule has 1 aliphatic heterocycles. The van der Waals surface area contributed by atoms with Gasteiger partial charge < -0.3 is 14.6 Å². The molecule has 1 aromatic heterocycles. The molecule has 1 amide bonds. The fraction of sp³-hybridized carbons (Fsp3) is 0.348. The molecule has 0 fully saturated rings. The van der Waals surface area contributed by atoms with Gasteiger partial charge in [-0.2, -0.15) is 13.2 Å². The van der Waals surface area contributed by atoms with E-state index in [0.717, 1.165) is 4.57 Å². The molecule has 13 heteroatoms. The van der Waals surface area contributed by atoms with E-state index in [9.17, 15) is 36.2 Å². The second-order valence-corrected chi connectivity index (χ2v) is 8.35. The predicted molar refractivity (Wildman–Crippen MR) is 113 cm³/mol. The van der Waals surface area contributed by atoms with Gasteiger partial charge in [0.15, 0.2) is 17.5 Å². The van der Waals surface area contributed by atoms with Gasteiger partial charge in [0, 0.05) is 31.6 Å². The first kappa shape index (κ1) is 25.6. The maximum absolute atomic E-state index is 14.3. The lowest BCUT2D eigenvalue weighted by molar-refractivity contribution is -0.148. The van der Waals surface area contributed by atoms with Crippen LogP contribution in [0.25, 0.3) is 0 Å². The lowest BCUT2D eigenvalue weighted by Gasteiger charge is -2.30. The number of aliphatic hydroxyl groups is 1. The summed E-state index contributed by atoms with van der Waals surface area (Å²) in [6.07, 6.45) is -6.55. The predicted octanol–water partition coefficient (Wildman–Crippen LogP) is 3.34. The first-order valence-corrected chi connectivity index (χ1v) is 10.9. The number of nitrogens with one attached hydrogen (secondary N) is 1. The van der Waals surface area contributed by atoms with Crippen LogP contribution in [0, 0.1) is 17.5 Å². The highest BCUT2D eigenvalue weighted by atomic mass is 19.4. The van der Waals surface area contributed by atoms with Gasteiger partial charge in [0.2, 0.25) is 11.7 Å². The van der Waals surface area contributed by atoms with Crippen molar-refractivity contribution < 1.29 is 36.2 Å². The van der Waals surface area contributed by atoms with Gasteiger partial charge in [0.1, 0.15) is 12.0 Å². The van der Waals surface area contributed by atoms with Crippen molar-refractivity contribution in [1.29, 1.82) is 0 Å². The van der Waals surface area contributed by atoms with Crippen LogP contribution in [-0.2, 0) is 30.5 Å². The van der Waals surface area contributed by atoms with E-state index in [-0.39, 0.29) is 43.9 Å². The van der Waals surface area contributed by atoms with Crippen LogP contribution < -0.4 is 5.32 Å². The van der Waals surface area contributed by atoms with Crippen molar-refractivity contribution in [1.82, 2.24) is 25.0 Å². The van der Waals surface area contributed by atoms with Crippen LogP contribution >= 0.6 is 0 Å². The van der Waals surface area contributed by atoms with Gasteiger partial charge in [-0.1, -0.05) is 30.3 Å². The minimum absolute atomic E-state index is 0.0394. The quantitative estimate of drug-likeness (QED) is 0.288. The first-order valence-electron chi connectivity index (χ1n) is 10.9. The van der Waals surface area contributed by atoms with E-state index in [4.69, 9.17) is 0 Å². The average Bonchev–Trinajstić information content (AvgIpc) is 3.27. The van der Waals surface area contributed by atoms with Crippen molar-refractivity contribution in [3.05, 3.63) is 82.7 Å². The van der Waals surface area contributed by atoms with Gasteiger partial charge in [-0.25, -0.2) is 13.2 Å². The number of fused-ring (bicyclic) bond motifs is 1. The summed E-state index contributed by atoms with van der Waals surface area (Å²) in [6, 6.07) is 8.45. The van der Waals surface area contributed by atoms with Gasteiger partial charge in [-0.05, 0) is 23.6 Å². The number of aliphatic hydroxyl groups excluding tert-OH is 1. The Hall–Kier alpha value is -3.45. The Balaban J connectivity index is 1.52. The highest BCUT2D eigenvalue weighted by Crippen LogP contribution is 2.29. The molecule has 2 aromatic carbocycles. The summed E-state index contributed by atoms with van der Waals surface area (Å²) in [5, 5.41) is 20.1. The molecule has 0 saturated carbocycles. The summed E-state index contributed by atoms with van der Waals surface area (Å²) in [4.78, 5) is 14.3. The summed E-state index contributed by atoms with van der Waals surface area (Å²) < 4.78 is 81.5. The fourth-order valence-electron chi connectivity index (χ4n) is 4.05. The van der Waals surface area contributed by atoms with Crippen LogP contribution in [-0.4, -0.2) is 43.3 Å². The van der Waals surface area contributed by atoms with Crippen molar-refractivity contribution in [3.8, 4) is 0 Å². The zero-order valence-electron chi connectivity index (χ0n) is 18.6. The number of halogens is 6. The van der Waals surface area contributed by atoms with Crippen LogP contribution in [0.15, 0.2) is 42.5 Å². The van der Waals surface area contributed by atoms with E-state index in [2.05, 4.69) is 15.5 Å². The molecule has 2 unspecified atom stereocenters. The van der Waals surface area contributed by atoms with E-state index in [1.165, 1.54) is 4.90 Å². The summed E-state index contributed by atoms with van der Waals surface area (Å²) in [5.41, 5.74) is 0.235. The number of carbonyl (C=O) groups is 1. The number of hydrogen-bond acceptors (Lipinski definition) is 5. The number of alkyl halides is 3. The Morgan fingerprint density at radius 1 is 1.03 bits per heavy atom. The van der Waals surface area contributed by atoms with Crippen molar-refractivity contribution >= 4 is 5.91 Å². The topological polar surface area (TPSA) is 83.3 Å². The number of nitrogens with zero attached hydrogens (tertiary/aromatic N) is 4. The molecule has 0 aliphatic carbocycles. The SMILES string of the molecule is O=C(CC(Cc1cc(F)c(F)cc1F)NC(O)c1ccccc1)N1CCn2c(nnc2C(F)(F)F)C1. The third kappa shape index (κ3) is 5.68. The second kappa shape index (κ2) is 10.3. The molecule has 0 spiro atoms.